The SMILES string of the molecule is C[N+](C)(C)[C@H](c1ccccc1)[C@H]1CCc2ccccc2[C@H]1O. The largest absolute Gasteiger partial charge is 0.388 e. The number of aryl methyl sites for hydroxylation is 1. The van der Waals surface area contributed by atoms with E-state index in [9.17, 15) is 5.11 Å². The third-order valence-corrected chi connectivity index (χ3v) is 4.91. The second-order valence-corrected chi connectivity index (χ2v) is 7.32. The Morgan fingerprint density at radius 1 is 0.955 bits per heavy atom. The van der Waals surface area contributed by atoms with Crippen LogP contribution in [-0.2, 0) is 6.42 Å². The molecule has 0 saturated carbocycles. The van der Waals surface area contributed by atoms with E-state index in [1.807, 2.05) is 6.07 Å². The molecule has 0 saturated heterocycles. The van der Waals surface area contributed by atoms with Crippen molar-refractivity contribution in [2.24, 2.45) is 5.92 Å². The van der Waals surface area contributed by atoms with E-state index in [-0.39, 0.29) is 12.0 Å². The Balaban J connectivity index is 2.00. The zero-order valence-corrected chi connectivity index (χ0v) is 13.7. The van der Waals surface area contributed by atoms with Gasteiger partial charge in [-0.1, -0.05) is 54.6 Å². The highest BCUT2D eigenvalue weighted by atomic mass is 16.3. The number of nitrogens with zero attached hydrogens (tertiary/aromatic N) is 1. The topological polar surface area (TPSA) is 20.2 Å². The molecule has 1 N–H and O–H groups in total. The van der Waals surface area contributed by atoms with Crippen LogP contribution in [0.3, 0.4) is 0 Å². The molecule has 116 valence electrons. The second kappa shape index (κ2) is 5.86. The summed E-state index contributed by atoms with van der Waals surface area (Å²) in [5.41, 5.74) is 3.74. The van der Waals surface area contributed by atoms with E-state index in [0.29, 0.717) is 6.04 Å². The first-order chi connectivity index (χ1) is 10.5. The van der Waals surface area contributed by atoms with Crippen molar-refractivity contribution in [2.75, 3.05) is 21.1 Å². The van der Waals surface area contributed by atoms with Gasteiger partial charge in [-0.05, 0) is 24.0 Å². The van der Waals surface area contributed by atoms with Gasteiger partial charge in [0.2, 0.25) is 0 Å². The van der Waals surface area contributed by atoms with E-state index >= 15 is 0 Å². The molecule has 1 aliphatic rings. The Hall–Kier alpha value is -1.64. The van der Waals surface area contributed by atoms with Gasteiger partial charge < -0.3 is 9.59 Å². The van der Waals surface area contributed by atoms with Gasteiger partial charge in [0.1, 0.15) is 6.04 Å². The van der Waals surface area contributed by atoms with Crippen LogP contribution in [0.15, 0.2) is 54.6 Å². The highest BCUT2D eigenvalue weighted by Crippen LogP contribution is 2.44. The lowest BCUT2D eigenvalue weighted by atomic mass is 9.75. The maximum Gasteiger partial charge on any atom is 0.120 e. The van der Waals surface area contributed by atoms with Crippen molar-refractivity contribution in [3.05, 3.63) is 71.3 Å². The maximum atomic E-state index is 11.0. The molecule has 0 spiro atoms. The molecule has 0 bridgehead atoms. The van der Waals surface area contributed by atoms with Gasteiger partial charge in [0.25, 0.3) is 0 Å². The predicted octanol–water partition coefficient (Wildman–Crippen LogP) is 3.73. The zero-order chi connectivity index (χ0) is 15.7. The summed E-state index contributed by atoms with van der Waals surface area (Å²) in [5, 5.41) is 11.0. The molecule has 0 amide bonds. The molecule has 3 atom stereocenters. The molecule has 0 fully saturated rings. The normalized spacial score (nSPS) is 22.9. The summed E-state index contributed by atoms with van der Waals surface area (Å²) in [5.74, 6) is 0.247. The van der Waals surface area contributed by atoms with Crippen LogP contribution in [-0.4, -0.2) is 30.7 Å². The van der Waals surface area contributed by atoms with Crippen molar-refractivity contribution >= 4 is 0 Å². The monoisotopic (exact) mass is 296 g/mol. The molecule has 1 aliphatic carbocycles. The number of fused-ring (bicyclic) bond motifs is 1. The predicted molar refractivity (Wildman–Crippen MR) is 90.4 cm³/mol. The van der Waals surface area contributed by atoms with Gasteiger partial charge in [0.05, 0.1) is 27.2 Å². The van der Waals surface area contributed by atoms with Gasteiger partial charge in [-0.3, -0.25) is 0 Å². The summed E-state index contributed by atoms with van der Waals surface area (Å²) in [7, 11) is 6.68. The Morgan fingerprint density at radius 3 is 2.27 bits per heavy atom. The first-order valence-corrected chi connectivity index (χ1v) is 8.10. The minimum atomic E-state index is -0.382. The molecule has 3 rings (SSSR count). The molecule has 2 heteroatoms. The van der Waals surface area contributed by atoms with Crippen molar-refractivity contribution in [1.29, 1.82) is 0 Å². The van der Waals surface area contributed by atoms with E-state index in [1.165, 1.54) is 11.1 Å². The van der Waals surface area contributed by atoms with Crippen molar-refractivity contribution in [1.82, 2.24) is 0 Å². The second-order valence-electron chi connectivity index (χ2n) is 7.32. The lowest BCUT2D eigenvalue weighted by Crippen LogP contribution is -2.45. The van der Waals surface area contributed by atoms with E-state index in [0.717, 1.165) is 22.9 Å². The van der Waals surface area contributed by atoms with E-state index in [4.69, 9.17) is 0 Å². The molecule has 0 aromatic heterocycles. The highest BCUT2D eigenvalue weighted by Gasteiger charge is 2.41. The van der Waals surface area contributed by atoms with Crippen molar-refractivity contribution < 1.29 is 9.59 Å². The summed E-state index contributed by atoms with van der Waals surface area (Å²) in [6, 6.07) is 19.3. The first kappa shape index (κ1) is 15.3. The smallest absolute Gasteiger partial charge is 0.120 e. The van der Waals surface area contributed by atoms with E-state index in [2.05, 4.69) is 69.7 Å². The molecule has 0 unspecified atom stereocenters. The van der Waals surface area contributed by atoms with Gasteiger partial charge >= 0.3 is 0 Å². The minimum absolute atomic E-state index is 0.247. The summed E-state index contributed by atoms with van der Waals surface area (Å²) in [6.07, 6.45) is 1.71. The molecular weight excluding hydrogens is 270 g/mol. The maximum absolute atomic E-state index is 11.0. The van der Waals surface area contributed by atoms with Crippen molar-refractivity contribution in [2.45, 2.75) is 25.0 Å². The Labute approximate surface area is 133 Å². The zero-order valence-electron chi connectivity index (χ0n) is 13.7. The molecule has 2 nitrogen and oxygen atoms in total. The van der Waals surface area contributed by atoms with Crippen LogP contribution in [0.5, 0.6) is 0 Å². The fourth-order valence-corrected chi connectivity index (χ4v) is 4.01. The summed E-state index contributed by atoms with van der Waals surface area (Å²) >= 11 is 0. The molecule has 2 aromatic carbocycles. The summed E-state index contributed by atoms with van der Waals surface area (Å²) < 4.78 is 0.827. The molecule has 0 aliphatic heterocycles. The van der Waals surface area contributed by atoms with Gasteiger partial charge in [-0.25, -0.2) is 0 Å². The first-order valence-electron chi connectivity index (χ1n) is 8.10. The van der Waals surface area contributed by atoms with Crippen LogP contribution in [0.2, 0.25) is 0 Å². The quantitative estimate of drug-likeness (QED) is 0.856. The fourth-order valence-electron chi connectivity index (χ4n) is 4.01. The van der Waals surface area contributed by atoms with Gasteiger partial charge in [-0.2, -0.15) is 0 Å². The van der Waals surface area contributed by atoms with E-state index < -0.39 is 0 Å². The highest BCUT2D eigenvalue weighted by molar-refractivity contribution is 5.33. The van der Waals surface area contributed by atoms with Gasteiger partial charge in [0.15, 0.2) is 0 Å². The number of hydrogen-bond acceptors (Lipinski definition) is 1. The average Bonchev–Trinajstić information content (AvgIpc) is 2.50. The van der Waals surface area contributed by atoms with Gasteiger partial charge in [-0.15, -0.1) is 0 Å². The minimum Gasteiger partial charge on any atom is -0.388 e. The standard InChI is InChI=1S/C20H26NO/c1-21(2,3)19(16-10-5-4-6-11-16)18-14-13-15-9-7-8-12-17(15)20(18)22/h4-12,18-20,22H,13-14H2,1-3H3/q+1/t18-,19-,20-/m1/s1. The number of benzene rings is 2. The van der Waals surface area contributed by atoms with Crippen LogP contribution in [0, 0.1) is 5.92 Å². The molecule has 2 aromatic rings. The van der Waals surface area contributed by atoms with Crippen LogP contribution in [0.1, 0.15) is 35.3 Å². The Bertz CT molecular complexity index is 630. The lowest BCUT2D eigenvalue weighted by molar-refractivity contribution is -0.907. The molecule has 0 radical (unpaired) electrons. The molecule has 0 heterocycles. The fraction of sp³-hybridized carbons (Fsp3) is 0.400. The third kappa shape index (κ3) is 2.81. The lowest BCUT2D eigenvalue weighted by Gasteiger charge is -2.43. The Morgan fingerprint density at radius 2 is 1.59 bits per heavy atom. The van der Waals surface area contributed by atoms with Crippen LogP contribution in [0.25, 0.3) is 0 Å². The Kier molecular flexibility index (Phi) is 4.07. The van der Waals surface area contributed by atoms with Crippen LogP contribution >= 0.6 is 0 Å². The molecular formula is C20H26NO+. The van der Waals surface area contributed by atoms with Crippen molar-refractivity contribution in [3.63, 3.8) is 0 Å². The average molecular weight is 296 g/mol. The molecule has 22 heavy (non-hydrogen) atoms. The summed E-state index contributed by atoms with van der Waals surface area (Å²) in [6.45, 7) is 0. The number of rotatable bonds is 3. The number of aliphatic hydroxyl groups is 1. The van der Waals surface area contributed by atoms with E-state index in [1.54, 1.807) is 0 Å². The number of hydrogen-bond donors (Lipinski definition) is 1. The van der Waals surface area contributed by atoms with Crippen molar-refractivity contribution in [3.8, 4) is 0 Å². The van der Waals surface area contributed by atoms with Crippen LogP contribution in [0.4, 0.5) is 0 Å². The third-order valence-electron chi connectivity index (χ3n) is 4.91. The number of quaternary nitrogens is 1. The van der Waals surface area contributed by atoms with Crippen LogP contribution < -0.4 is 0 Å². The van der Waals surface area contributed by atoms with Gasteiger partial charge in [0, 0.05) is 11.5 Å². The summed E-state index contributed by atoms with van der Waals surface area (Å²) in [4.78, 5) is 0. The number of aliphatic hydroxyl groups excluding tert-OH is 1.